The summed E-state index contributed by atoms with van der Waals surface area (Å²) in [4.78, 5) is 0. The van der Waals surface area contributed by atoms with E-state index in [0.29, 0.717) is 23.0 Å². The van der Waals surface area contributed by atoms with Gasteiger partial charge in [0.2, 0.25) is 0 Å². The van der Waals surface area contributed by atoms with Gasteiger partial charge in [-0.2, -0.15) is 0 Å². The van der Waals surface area contributed by atoms with Crippen molar-refractivity contribution in [3.63, 3.8) is 0 Å². The van der Waals surface area contributed by atoms with Gasteiger partial charge in [0.05, 0.1) is 11.1 Å². The maximum atomic E-state index is 13.4. The molecule has 0 aromatic heterocycles. The lowest BCUT2D eigenvalue weighted by atomic mass is 9.95. The molecule has 2 nitrogen and oxygen atoms in total. The summed E-state index contributed by atoms with van der Waals surface area (Å²) in [5.74, 6) is 0.236. The molecule has 0 saturated heterocycles. The van der Waals surface area contributed by atoms with Gasteiger partial charge in [0.15, 0.2) is 0 Å². The van der Waals surface area contributed by atoms with Crippen molar-refractivity contribution in [2.24, 2.45) is 5.92 Å². The van der Waals surface area contributed by atoms with Crippen molar-refractivity contribution in [1.29, 1.82) is 0 Å². The average Bonchev–Trinajstić information content (AvgIpc) is 2.35. The first-order valence-electron chi connectivity index (χ1n) is 6.21. The van der Waals surface area contributed by atoms with E-state index in [2.05, 4.69) is 35.1 Å². The summed E-state index contributed by atoms with van der Waals surface area (Å²) in [5.41, 5.74) is 1.02. The molecule has 0 radical (unpaired) electrons. The number of rotatable bonds is 7. The lowest BCUT2D eigenvalue weighted by Crippen LogP contribution is -2.35. The van der Waals surface area contributed by atoms with Gasteiger partial charge in [-0.25, -0.2) is 4.39 Å². The molecular formula is C14H21BrFNO. The van der Waals surface area contributed by atoms with Crippen molar-refractivity contribution >= 4 is 15.9 Å². The first-order chi connectivity index (χ1) is 8.56. The molecule has 4 heteroatoms. The summed E-state index contributed by atoms with van der Waals surface area (Å²) in [6.45, 7) is 5.86. The largest absolute Gasteiger partial charge is 0.383 e. The summed E-state index contributed by atoms with van der Waals surface area (Å²) in [5, 5.41) is 3.40. The van der Waals surface area contributed by atoms with Gasteiger partial charge in [-0.1, -0.05) is 19.1 Å². The Hall–Kier alpha value is -0.450. The predicted molar refractivity (Wildman–Crippen MR) is 76.3 cm³/mol. The summed E-state index contributed by atoms with van der Waals surface area (Å²) < 4.78 is 19.0. The van der Waals surface area contributed by atoms with Crippen LogP contribution >= 0.6 is 15.9 Å². The number of halogens is 2. The summed E-state index contributed by atoms with van der Waals surface area (Å²) >= 11 is 3.31. The Bertz CT molecular complexity index is 373. The molecule has 2 unspecified atom stereocenters. The van der Waals surface area contributed by atoms with Crippen LogP contribution in [0.3, 0.4) is 0 Å². The van der Waals surface area contributed by atoms with E-state index in [-0.39, 0.29) is 5.82 Å². The van der Waals surface area contributed by atoms with Crippen molar-refractivity contribution in [1.82, 2.24) is 5.32 Å². The average molecular weight is 318 g/mol. The maximum absolute atomic E-state index is 13.4. The fourth-order valence-corrected chi connectivity index (χ4v) is 2.25. The van der Waals surface area contributed by atoms with Gasteiger partial charge in [-0.05, 0) is 46.8 Å². The van der Waals surface area contributed by atoms with Crippen molar-refractivity contribution in [2.75, 3.05) is 20.3 Å². The van der Waals surface area contributed by atoms with E-state index in [9.17, 15) is 4.39 Å². The Morgan fingerprint density at radius 3 is 2.78 bits per heavy atom. The third-order valence-corrected chi connectivity index (χ3v) is 4.09. The van der Waals surface area contributed by atoms with Crippen molar-refractivity contribution in [2.45, 2.75) is 26.3 Å². The molecule has 1 N–H and O–H groups in total. The predicted octanol–water partition coefficient (Wildman–Crippen LogP) is 3.39. The first kappa shape index (κ1) is 15.6. The van der Waals surface area contributed by atoms with Gasteiger partial charge in [0.1, 0.15) is 5.82 Å². The Morgan fingerprint density at radius 1 is 1.39 bits per heavy atom. The van der Waals surface area contributed by atoms with Gasteiger partial charge < -0.3 is 10.1 Å². The van der Waals surface area contributed by atoms with Crippen LogP contribution in [-0.4, -0.2) is 26.3 Å². The zero-order valence-electron chi connectivity index (χ0n) is 11.2. The lowest BCUT2D eigenvalue weighted by molar-refractivity contribution is 0.192. The Morgan fingerprint density at radius 2 is 2.11 bits per heavy atom. The van der Waals surface area contributed by atoms with Crippen LogP contribution in [-0.2, 0) is 11.2 Å². The highest BCUT2D eigenvalue weighted by Crippen LogP contribution is 2.23. The highest BCUT2D eigenvalue weighted by Gasteiger charge is 2.14. The van der Waals surface area contributed by atoms with Crippen LogP contribution in [0, 0.1) is 11.7 Å². The van der Waals surface area contributed by atoms with Crippen LogP contribution in [0.15, 0.2) is 22.7 Å². The molecule has 0 bridgehead atoms. The van der Waals surface area contributed by atoms with Crippen LogP contribution in [0.1, 0.15) is 19.4 Å². The fourth-order valence-electron chi connectivity index (χ4n) is 1.82. The molecule has 0 fully saturated rings. The van der Waals surface area contributed by atoms with E-state index in [1.807, 2.05) is 6.07 Å². The molecule has 102 valence electrons. The standard InChI is InChI=1S/C14H21BrFNO/c1-10(11(2)17-7-8-18-3)9-12-5-4-6-13(16)14(12)15/h4-6,10-11,17H,7-9H2,1-3H3. The zero-order chi connectivity index (χ0) is 13.5. The first-order valence-corrected chi connectivity index (χ1v) is 7.00. The van der Waals surface area contributed by atoms with E-state index < -0.39 is 0 Å². The number of hydrogen-bond donors (Lipinski definition) is 1. The van der Waals surface area contributed by atoms with E-state index in [4.69, 9.17) is 4.74 Å². The molecule has 1 aromatic rings. The fraction of sp³-hybridized carbons (Fsp3) is 0.571. The Labute approximate surface area is 117 Å². The van der Waals surface area contributed by atoms with E-state index in [1.54, 1.807) is 13.2 Å². The third-order valence-electron chi connectivity index (χ3n) is 3.20. The second-order valence-electron chi connectivity index (χ2n) is 4.63. The molecular weight excluding hydrogens is 297 g/mol. The number of methoxy groups -OCH3 is 1. The van der Waals surface area contributed by atoms with Gasteiger partial charge in [0.25, 0.3) is 0 Å². The monoisotopic (exact) mass is 317 g/mol. The van der Waals surface area contributed by atoms with Crippen LogP contribution in [0.25, 0.3) is 0 Å². The van der Waals surface area contributed by atoms with Crippen LogP contribution < -0.4 is 5.32 Å². The molecule has 0 aliphatic heterocycles. The zero-order valence-corrected chi connectivity index (χ0v) is 12.8. The van der Waals surface area contributed by atoms with Gasteiger partial charge >= 0.3 is 0 Å². The quantitative estimate of drug-likeness (QED) is 0.778. The minimum Gasteiger partial charge on any atom is -0.383 e. The number of ether oxygens (including phenoxy) is 1. The smallest absolute Gasteiger partial charge is 0.137 e. The van der Waals surface area contributed by atoms with Crippen LogP contribution in [0.2, 0.25) is 0 Å². The molecule has 0 heterocycles. The van der Waals surface area contributed by atoms with Gasteiger partial charge in [-0.3, -0.25) is 0 Å². The molecule has 1 aromatic carbocycles. The van der Waals surface area contributed by atoms with Crippen molar-refractivity contribution < 1.29 is 9.13 Å². The molecule has 2 atom stereocenters. The molecule has 1 rings (SSSR count). The topological polar surface area (TPSA) is 21.3 Å². The molecule has 0 saturated carbocycles. The molecule has 0 amide bonds. The maximum Gasteiger partial charge on any atom is 0.137 e. The molecule has 0 spiro atoms. The highest BCUT2D eigenvalue weighted by atomic mass is 79.9. The van der Waals surface area contributed by atoms with Gasteiger partial charge in [0, 0.05) is 19.7 Å². The molecule has 0 aliphatic carbocycles. The lowest BCUT2D eigenvalue weighted by Gasteiger charge is -2.22. The minimum atomic E-state index is -0.195. The third kappa shape index (κ3) is 4.67. The van der Waals surface area contributed by atoms with E-state index >= 15 is 0 Å². The minimum absolute atomic E-state index is 0.195. The van der Waals surface area contributed by atoms with Crippen LogP contribution in [0.5, 0.6) is 0 Å². The Kier molecular flexibility index (Phi) is 6.82. The SMILES string of the molecule is COCCNC(C)C(C)Cc1cccc(F)c1Br. The number of benzene rings is 1. The van der Waals surface area contributed by atoms with Crippen LogP contribution in [0.4, 0.5) is 4.39 Å². The number of nitrogens with one attached hydrogen (secondary N) is 1. The Balaban J connectivity index is 2.53. The van der Waals surface area contributed by atoms with Crippen molar-refractivity contribution in [3.05, 3.63) is 34.1 Å². The number of hydrogen-bond acceptors (Lipinski definition) is 2. The van der Waals surface area contributed by atoms with E-state index in [1.165, 1.54) is 6.07 Å². The highest BCUT2D eigenvalue weighted by molar-refractivity contribution is 9.10. The van der Waals surface area contributed by atoms with Gasteiger partial charge in [-0.15, -0.1) is 0 Å². The molecule has 18 heavy (non-hydrogen) atoms. The normalized spacial score (nSPS) is 14.5. The second kappa shape index (κ2) is 7.87. The summed E-state index contributed by atoms with van der Waals surface area (Å²) in [7, 11) is 1.69. The summed E-state index contributed by atoms with van der Waals surface area (Å²) in [6, 6.07) is 5.56. The molecule has 0 aliphatic rings. The summed E-state index contributed by atoms with van der Waals surface area (Å²) in [6.07, 6.45) is 0.847. The van der Waals surface area contributed by atoms with Crippen molar-refractivity contribution in [3.8, 4) is 0 Å². The second-order valence-corrected chi connectivity index (χ2v) is 5.42. The van der Waals surface area contributed by atoms with E-state index in [0.717, 1.165) is 18.5 Å².